The topological polar surface area (TPSA) is 49.6 Å². The number of rotatable bonds is 8. The molecule has 0 atom stereocenters. The number of carbonyl (C=O) groups excluding carboxylic acids is 1. The van der Waals surface area contributed by atoms with Gasteiger partial charge in [0.05, 0.1) is 0 Å². The Morgan fingerprint density at radius 2 is 1.83 bits per heavy atom. The molecule has 1 fully saturated rings. The predicted octanol–water partition coefficient (Wildman–Crippen LogP) is 3.78. The summed E-state index contributed by atoms with van der Waals surface area (Å²) in [5, 5.41) is 0. The van der Waals surface area contributed by atoms with Crippen LogP contribution in [-0.4, -0.2) is 48.4 Å². The Kier molecular flexibility index (Phi) is 8.10. The van der Waals surface area contributed by atoms with Gasteiger partial charge in [0.2, 0.25) is 0 Å². The Balaban J connectivity index is 1.73. The lowest BCUT2D eigenvalue weighted by Gasteiger charge is -2.22. The summed E-state index contributed by atoms with van der Waals surface area (Å²) >= 11 is 0. The fourth-order valence-electron chi connectivity index (χ4n) is 3.37. The molecule has 1 saturated heterocycles. The number of nitrogen functional groups attached to an aromatic ring is 1. The zero-order valence-corrected chi connectivity index (χ0v) is 15.2. The second-order valence-electron chi connectivity index (χ2n) is 6.88. The first kappa shape index (κ1) is 18.8. The first-order valence-corrected chi connectivity index (χ1v) is 9.58. The summed E-state index contributed by atoms with van der Waals surface area (Å²) in [5.74, 6) is 0.115. The molecule has 1 aromatic carbocycles. The van der Waals surface area contributed by atoms with Crippen molar-refractivity contribution in [2.75, 3.05) is 38.5 Å². The largest absolute Gasteiger partial charge is 0.399 e. The molecule has 2 rings (SSSR count). The van der Waals surface area contributed by atoms with Crippen molar-refractivity contribution in [1.29, 1.82) is 0 Å². The molecule has 2 N–H and O–H groups in total. The smallest absolute Gasteiger partial charge is 0.253 e. The third-order valence-corrected chi connectivity index (χ3v) is 4.84. The second kappa shape index (κ2) is 10.3. The summed E-state index contributed by atoms with van der Waals surface area (Å²) in [6.07, 6.45) is 9.09. The van der Waals surface area contributed by atoms with Crippen LogP contribution in [0.5, 0.6) is 0 Å². The van der Waals surface area contributed by atoms with Gasteiger partial charge in [-0.2, -0.15) is 0 Å². The average molecular weight is 332 g/mol. The highest BCUT2D eigenvalue weighted by Gasteiger charge is 2.20. The predicted molar refractivity (Wildman–Crippen MR) is 101 cm³/mol. The Bertz CT molecular complexity index is 503. The molecule has 0 bridgehead atoms. The van der Waals surface area contributed by atoms with Gasteiger partial charge in [0.25, 0.3) is 5.91 Å². The van der Waals surface area contributed by atoms with E-state index in [4.69, 9.17) is 5.73 Å². The van der Waals surface area contributed by atoms with Crippen molar-refractivity contribution < 1.29 is 4.79 Å². The lowest BCUT2D eigenvalue weighted by Crippen LogP contribution is -2.35. The SMILES string of the molecule is CCCCCCCCN1CCCN(C(=O)c2cccc(N)c2)CC1. The normalized spacial score (nSPS) is 16.1. The molecule has 4 heteroatoms. The molecule has 4 nitrogen and oxygen atoms in total. The number of carbonyl (C=O) groups is 1. The molecule has 1 aromatic rings. The van der Waals surface area contributed by atoms with Crippen LogP contribution in [-0.2, 0) is 0 Å². The van der Waals surface area contributed by atoms with Crippen molar-refractivity contribution in [2.45, 2.75) is 51.9 Å². The van der Waals surface area contributed by atoms with Gasteiger partial charge in [-0.05, 0) is 44.1 Å². The van der Waals surface area contributed by atoms with E-state index < -0.39 is 0 Å². The Morgan fingerprint density at radius 3 is 2.62 bits per heavy atom. The van der Waals surface area contributed by atoms with Crippen LogP contribution in [0.25, 0.3) is 0 Å². The summed E-state index contributed by atoms with van der Waals surface area (Å²) in [4.78, 5) is 17.1. The van der Waals surface area contributed by atoms with Gasteiger partial charge in [0, 0.05) is 30.9 Å². The van der Waals surface area contributed by atoms with Crippen LogP contribution < -0.4 is 5.73 Å². The third kappa shape index (κ3) is 6.16. The van der Waals surface area contributed by atoms with Gasteiger partial charge in [-0.25, -0.2) is 0 Å². The number of unbranched alkanes of at least 4 members (excludes halogenated alkanes) is 5. The molecule has 0 saturated carbocycles. The van der Waals surface area contributed by atoms with E-state index in [-0.39, 0.29) is 5.91 Å². The Labute approximate surface area is 147 Å². The standard InChI is InChI=1S/C20H33N3O/c1-2-3-4-5-6-7-12-22-13-9-14-23(16-15-22)20(24)18-10-8-11-19(21)17-18/h8,10-11,17H,2-7,9,12-16,21H2,1H3. The van der Waals surface area contributed by atoms with Gasteiger partial charge in [-0.15, -0.1) is 0 Å². The summed E-state index contributed by atoms with van der Waals surface area (Å²) in [6.45, 7) is 7.20. The fourth-order valence-corrected chi connectivity index (χ4v) is 3.37. The maximum atomic E-state index is 12.6. The number of benzene rings is 1. The first-order valence-electron chi connectivity index (χ1n) is 9.58. The van der Waals surface area contributed by atoms with Gasteiger partial charge in [0.15, 0.2) is 0 Å². The minimum atomic E-state index is 0.115. The summed E-state index contributed by atoms with van der Waals surface area (Å²) < 4.78 is 0. The molecular formula is C20H33N3O. The van der Waals surface area contributed by atoms with Crippen molar-refractivity contribution in [1.82, 2.24) is 9.80 Å². The molecule has 24 heavy (non-hydrogen) atoms. The minimum Gasteiger partial charge on any atom is -0.399 e. The lowest BCUT2D eigenvalue weighted by molar-refractivity contribution is 0.0761. The van der Waals surface area contributed by atoms with Gasteiger partial charge >= 0.3 is 0 Å². The Hall–Kier alpha value is -1.55. The molecule has 0 unspecified atom stereocenters. The van der Waals surface area contributed by atoms with Crippen molar-refractivity contribution in [3.63, 3.8) is 0 Å². The van der Waals surface area contributed by atoms with E-state index in [1.807, 2.05) is 23.1 Å². The number of hydrogen-bond donors (Lipinski definition) is 1. The third-order valence-electron chi connectivity index (χ3n) is 4.84. The number of hydrogen-bond acceptors (Lipinski definition) is 3. The van der Waals surface area contributed by atoms with Crippen molar-refractivity contribution >= 4 is 11.6 Å². The van der Waals surface area contributed by atoms with Crippen LogP contribution in [0.2, 0.25) is 0 Å². The van der Waals surface area contributed by atoms with Crippen LogP contribution in [0.4, 0.5) is 5.69 Å². The number of amides is 1. The molecule has 1 aliphatic heterocycles. The van der Waals surface area contributed by atoms with E-state index in [2.05, 4.69) is 11.8 Å². The van der Waals surface area contributed by atoms with Crippen molar-refractivity contribution in [3.8, 4) is 0 Å². The van der Waals surface area contributed by atoms with Crippen LogP contribution in [0, 0.1) is 0 Å². The first-order chi connectivity index (χ1) is 11.7. The highest BCUT2D eigenvalue weighted by molar-refractivity contribution is 5.95. The molecule has 0 aliphatic carbocycles. The van der Waals surface area contributed by atoms with Gasteiger partial charge < -0.3 is 15.5 Å². The highest BCUT2D eigenvalue weighted by atomic mass is 16.2. The van der Waals surface area contributed by atoms with E-state index in [9.17, 15) is 4.79 Å². The highest BCUT2D eigenvalue weighted by Crippen LogP contribution is 2.13. The molecule has 134 valence electrons. The maximum absolute atomic E-state index is 12.6. The average Bonchev–Trinajstić information content (AvgIpc) is 2.83. The molecule has 1 aliphatic rings. The summed E-state index contributed by atoms with van der Waals surface area (Å²) in [6, 6.07) is 7.31. The number of nitrogens with two attached hydrogens (primary N) is 1. The van der Waals surface area contributed by atoms with Crippen molar-refractivity contribution in [3.05, 3.63) is 29.8 Å². The maximum Gasteiger partial charge on any atom is 0.253 e. The van der Waals surface area contributed by atoms with Gasteiger partial charge in [-0.1, -0.05) is 45.1 Å². The zero-order valence-electron chi connectivity index (χ0n) is 15.2. The van der Waals surface area contributed by atoms with E-state index in [0.29, 0.717) is 11.3 Å². The second-order valence-corrected chi connectivity index (χ2v) is 6.88. The van der Waals surface area contributed by atoms with E-state index in [0.717, 1.165) is 32.6 Å². The van der Waals surface area contributed by atoms with E-state index >= 15 is 0 Å². The van der Waals surface area contributed by atoms with Crippen LogP contribution in [0.3, 0.4) is 0 Å². The summed E-state index contributed by atoms with van der Waals surface area (Å²) in [7, 11) is 0. The van der Waals surface area contributed by atoms with Crippen LogP contribution in [0.15, 0.2) is 24.3 Å². The van der Waals surface area contributed by atoms with E-state index in [1.165, 1.54) is 45.1 Å². The van der Waals surface area contributed by atoms with Crippen molar-refractivity contribution in [2.24, 2.45) is 0 Å². The number of nitrogens with zero attached hydrogens (tertiary/aromatic N) is 2. The molecule has 0 spiro atoms. The molecule has 1 heterocycles. The number of anilines is 1. The van der Waals surface area contributed by atoms with Crippen LogP contribution >= 0.6 is 0 Å². The summed E-state index contributed by atoms with van der Waals surface area (Å²) in [5.41, 5.74) is 7.16. The fraction of sp³-hybridized carbons (Fsp3) is 0.650. The van der Waals surface area contributed by atoms with E-state index in [1.54, 1.807) is 6.07 Å². The van der Waals surface area contributed by atoms with Gasteiger partial charge in [-0.3, -0.25) is 4.79 Å². The minimum absolute atomic E-state index is 0.115. The molecule has 0 aromatic heterocycles. The Morgan fingerprint density at radius 1 is 1.04 bits per heavy atom. The van der Waals surface area contributed by atoms with Crippen LogP contribution in [0.1, 0.15) is 62.2 Å². The monoisotopic (exact) mass is 331 g/mol. The quantitative estimate of drug-likeness (QED) is 0.582. The lowest BCUT2D eigenvalue weighted by atomic mass is 10.1. The molecular weight excluding hydrogens is 298 g/mol. The van der Waals surface area contributed by atoms with Gasteiger partial charge in [0.1, 0.15) is 0 Å². The molecule has 1 amide bonds. The molecule has 0 radical (unpaired) electrons. The zero-order chi connectivity index (χ0) is 17.2.